The number of hydrogen-bond acceptors (Lipinski definition) is 1. The van der Waals surface area contributed by atoms with Gasteiger partial charge < -0.3 is 0 Å². The molecule has 0 aliphatic carbocycles. The Bertz CT molecular complexity index is 656. The third-order valence-corrected chi connectivity index (χ3v) is 6.05. The van der Waals surface area contributed by atoms with Crippen molar-refractivity contribution in [2.75, 3.05) is 0 Å². The monoisotopic (exact) mass is 280 g/mol. The molecule has 2 atom stereocenters. The number of hydrogen-bond donors (Lipinski definition) is 0. The van der Waals surface area contributed by atoms with Gasteiger partial charge in [-0.2, -0.15) is 11.8 Å². The Hall–Kier alpha value is -1.21. The van der Waals surface area contributed by atoms with E-state index < -0.39 is 0 Å². The molecule has 20 heavy (non-hydrogen) atoms. The zero-order valence-corrected chi connectivity index (χ0v) is 12.5. The maximum Gasteiger partial charge on any atom is 0.0232 e. The first-order chi connectivity index (χ1) is 9.87. The van der Waals surface area contributed by atoms with Crippen molar-refractivity contribution in [3.8, 4) is 0 Å². The number of benzene rings is 2. The summed E-state index contributed by atoms with van der Waals surface area (Å²) in [5.74, 6) is 0. The highest BCUT2D eigenvalue weighted by molar-refractivity contribution is 8.00. The van der Waals surface area contributed by atoms with E-state index in [1.54, 1.807) is 5.57 Å². The molecule has 0 aromatic heterocycles. The fourth-order valence-corrected chi connectivity index (χ4v) is 5.25. The Morgan fingerprint density at radius 1 is 1.00 bits per heavy atom. The van der Waals surface area contributed by atoms with Crippen LogP contribution in [0.5, 0.6) is 0 Å². The van der Waals surface area contributed by atoms with Crippen molar-refractivity contribution in [1.82, 2.24) is 0 Å². The van der Waals surface area contributed by atoms with Crippen molar-refractivity contribution < 1.29 is 0 Å². The summed E-state index contributed by atoms with van der Waals surface area (Å²) in [5.41, 5.74) is 3.15. The number of rotatable bonds is 2. The van der Waals surface area contributed by atoms with Crippen LogP contribution < -0.4 is 0 Å². The van der Waals surface area contributed by atoms with Gasteiger partial charge in [-0.3, -0.25) is 0 Å². The Kier molecular flexibility index (Phi) is 3.31. The Labute approximate surface area is 125 Å². The number of fused-ring (bicyclic) bond motifs is 3. The third-order valence-electron chi connectivity index (χ3n) is 4.54. The molecule has 2 aromatic carbocycles. The largest absolute Gasteiger partial charge is 0.151 e. The second kappa shape index (κ2) is 5.29. The zero-order valence-electron chi connectivity index (χ0n) is 11.7. The summed E-state index contributed by atoms with van der Waals surface area (Å²) in [4.78, 5) is 0. The summed E-state index contributed by atoms with van der Waals surface area (Å²) >= 11 is 2.21. The molecule has 0 amide bonds. The summed E-state index contributed by atoms with van der Waals surface area (Å²) in [7, 11) is 0. The van der Waals surface area contributed by atoms with Gasteiger partial charge in [0.15, 0.2) is 0 Å². The van der Waals surface area contributed by atoms with Crippen LogP contribution in [0.2, 0.25) is 0 Å². The van der Waals surface area contributed by atoms with E-state index in [2.05, 4.69) is 60.3 Å². The second-order valence-corrected chi connectivity index (χ2v) is 7.66. The van der Waals surface area contributed by atoms with E-state index >= 15 is 0 Å². The molecule has 2 heterocycles. The number of thioether (sulfide) groups is 1. The highest BCUT2D eigenvalue weighted by Crippen LogP contribution is 2.41. The molecule has 1 heteroatoms. The van der Waals surface area contributed by atoms with E-state index in [1.807, 2.05) is 0 Å². The SMILES string of the molecule is C1=C(Cc2ccc3ccccc3c2)CC2CCCC1S2. The fourth-order valence-electron chi connectivity index (χ4n) is 3.57. The average molecular weight is 280 g/mol. The summed E-state index contributed by atoms with van der Waals surface area (Å²) in [6.07, 6.45) is 9.28. The lowest BCUT2D eigenvalue weighted by Crippen LogP contribution is -2.22. The van der Waals surface area contributed by atoms with Crippen LogP contribution in [0, 0.1) is 0 Å². The maximum absolute atomic E-state index is 2.56. The Balaban J connectivity index is 1.59. The fraction of sp³-hybridized carbons (Fsp3) is 0.368. The minimum absolute atomic E-state index is 0.804. The molecule has 1 saturated heterocycles. The first-order valence-corrected chi connectivity index (χ1v) is 8.64. The molecular formula is C19H20S. The Morgan fingerprint density at radius 3 is 2.80 bits per heavy atom. The molecule has 2 aliphatic heterocycles. The molecule has 2 bridgehead atoms. The van der Waals surface area contributed by atoms with Gasteiger partial charge >= 0.3 is 0 Å². The van der Waals surface area contributed by atoms with E-state index in [0.717, 1.165) is 16.9 Å². The van der Waals surface area contributed by atoms with Crippen LogP contribution in [0.4, 0.5) is 0 Å². The van der Waals surface area contributed by atoms with Crippen LogP contribution >= 0.6 is 11.8 Å². The molecule has 0 N–H and O–H groups in total. The zero-order chi connectivity index (χ0) is 13.4. The minimum Gasteiger partial charge on any atom is -0.151 e. The molecule has 0 radical (unpaired) electrons. The molecule has 102 valence electrons. The van der Waals surface area contributed by atoms with Gasteiger partial charge in [0, 0.05) is 10.5 Å². The third kappa shape index (κ3) is 2.52. The first-order valence-electron chi connectivity index (χ1n) is 7.69. The maximum atomic E-state index is 2.56. The van der Waals surface area contributed by atoms with Gasteiger partial charge in [0.05, 0.1) is 0 Å². The van der Waals surface area contributed by atoms with Gasteiger partial charge in [-0.05, 0) is 42.0 Å². The molecule has 4 rings (SSSR count). The standard InChI is InChI=1S/C19H20S/c1-2-5-17-11-14(8-9-16(17)4-1)10-15-12-18-6-3-7-19(13-15)20-18/h1-2,4-5,8-9,11-12,18-19H,3,6-7,10,13H2. The lowest BCUT2D eigenvalue weighted by molar-refractivity contribution is 0.607. The molecule has 2 unspecified atom stereocenters. The molecule has 2 aromatic rings. The molecule has 0 saturated carbocycles. The van der Waals surface area contributed by atoms with Crippen molar-refractivity contribution in [1.29, 1.82) is 0 Å². The van der Waals surface area contributed by atoms with E-state index in [9.17, 15) is 0 Å². The van der Waals surface area contributed by atoms with Crippen LogP contribution in [-0.4, -0.2) is 10.5 Å². The van der Waals surface area contributed by atoms with Gasteiger partial charge in [0.1, 0.15) is 0 Å². The highest BCUT2D eigenvalue weighted by Gasteiger charge is 2.26. The summed E-state index contributed by atoms with van der Waals surface area (Å²) < 4.78 is 0. The van der Waals surface area contributed by atoms with Crippen LogP contribution in [0.25, 0.3) is 10.8 Å². The molecular weight excluding hydrogens is 260 g/mol. The van der Waals surface area contributed by atoms with Crippen LogP contribution in [0.15, 0.2) is 54.1 Å². The summed E-state index contributed by atoms with van der Waals surface area (Å²) in [6.45, 7) is 0. The van der Waals surface area contributed by atoms with Crippen molar-refractivity contribution in [2.24, 2.45) is 0 Å². The molecule has 0 nitrogen and oxygen atoms in total. The van der Waals surface area contributed by atoms with Crippen molar-refractivity contribution in [3.63, 3.8) is 0 Å². The summed E-state index contributed by atoms with van der Waals surface area (Å²) in [5, 5.41) is 4.42. The molecule has 1 fully saturated rings. The Morgan fingerprint density at radius 2 is 1.90 bits per heavy atom. The smallest absolute Gasteiger partial charge is 0.0232 e. The lowest BCUT2D eigenvalue weighted by atomic mass is 9.93. The molecule has 0 spiro atoms. The van der Waals surface area contributed by atoms with Gasteiger partial charge in [0.2, 0.25) is 0 Å². The predicted octanol–water partition coefficient (Wildman–Crippen LogP) is 5.37. The first kappa shape index (κ1) is 12.5. The van der Waals surface area contributed by atoms with Crippen molar-refractivity contribution in [2.45, 2.75) is 42.6 Å². The average Bonchev–Trinajstić information content (AvgIpc) is 2.47. The lowest BCUT2D eigenvalue weighted by Gasteiger charge is -2.33. The van der Waals surface area contributed by atoms with Crippen molar-refractivity contribution in [3.05, 3.63) is 59.7 Å². The van der Waals surface area contributed by atoms with Gasteiger partial charge in [0.25, 0.3) is 0 Å². The van der Waals surface area contributed by atoms with E-state index in [4.69, 9.17) is 0 Å². The summed E-state index contributed by atoms with van der Waals surface area (Å²) in [6, 6.07) is 15.6. The second-order valence-electron chi connectivity index (χ2n) is 6.11. The van der Waals surface area contributed by atoms with Gasteiger partial charge in [-0.15, -0.1) is 0 Å². The van der Waals surface area contributed by atoms with E-state index in [-0.39, 0.29) is 0 Å². The normalized spacial score (nSPS) is 25.5. The van der Waals surface area contributed by atoms with Crippen LogP contribution in [-0.2, 0) is 6.42 Å². The van der Waals surface area contributed by atoms with Crippen LogP contribution in [0.1, 0.15) is 31.2 Å². The molecule has 2 aliphatic rings. The topological polar surface area (TPSA) is 0 Å². The van der Waals surface area contributed by atoms with Crippen molar-refractivity contribution >= 4 is 22.5 Å². The highest BCUT2D eigenvalue weighted by atomic mass is 32.2. The number of allylic oxidation sites excluding steroid dienone is 1. The van der Waals surface area contributed by atoms with Gasteiger partial charge in [-0.25, -0.2) is 0 Å². The quantitative estimate of drug-likeness (QED) is 0.667. The van der Waals surface area contributed by atoms with Crippen LogP contribution in [0.3, 0.4) is 0 Å². The van der Waals surface area contributed by atoms with Gasteiger partial charge in [-0.1, -0.05) is 60.5 Å². The van der Waals surface area contributed by atoms with E-state index in [0.29, 0.717) is 0 Å². The minimum atomic E-state index is 0.804. The van der Waals surface area contributed by atoms with E-state index in [1.165, 1.54) is 42.0 Å². The predicted molar refractivity (Wildman–Crippen MR) is 89.4 cm³/mol.